The van der Waals surface area contributed by atoms with Gasteiger partial charge in [-0.25, -0.2) is 0 Å². The standard InChI is InChI=1S/C17H14N.2CH3.Sb/c1-12-9-13(2)11-15(10-12)17-16-6-4-3-5-14(16)7-8-18-17;;;/h4-11H,1-2H3;2*1H3;. The number of aryl methyl sites for hydroxylation is 2. The van der Waals surface area contributed by atoms with Crippen LogP contribution in [0.15, 0.2) is 48.7 Å². The first kappa shape index (κ1) is 14.6. The molecule has 0 spiro atoms. The summed E-state index contributed by atoms with van der Waals surface area (Å²) in [6, 6.07) is 15.7. The van der Waals surface area contributed by atoms with E-state index in [0.29, 0.717) is 0 Å². The Morgan fingerprint density at radius 3 is 2.24 bits per heavy atom. The number of fused-ring (bicyclic) bond motifs is 1. The molecule has 0 aliphatic carbocycles. The number of pyridine rings is 1. The normalized spacial score (nSPS) is 11.3. The fourth-order valence-electron chi connectivity index (χ4n) is 2.78. The molecular weight excluding hydrogens is 364 g/mol. The van der Waals surface area contributed by atoms with Gasteiger partial charge in [-0.3, -0.25) is 0 Å². The molecule has 3 rings (SSSR count). The molecule has 0 fully saturated rings. The van der Waals surface area contributed by atoms with Crippen LogP contribution >= 0.6 is 0 Å². The van der Waals surface area contributed by atoms with Gasteiger partial charge in [0.25, 0.3) is 0 Å². The fraction of sp³-hybridized carbons (Fsp3) is 0.211. The number of aromatic nitrogens is 1. The molecule has 0 aliphatic rings. The molecular formula is C19H20NSb. The van der Waals surface area contributed by atoms with Gasteiger partial charge in [-0.2, -0.15) is 0 Å². The molecule has 0 atom stereocenters. The summed E-state index contributed by atoms with van der Waals surface area (Å²) in [6.07, 6.45) is 1.94. The first-order valence-corrected chi connectivity index (χ1v) is 13.6. The van der Waals surface area contributed by atoms with Crippen molar-refractivity contribution in [3.05, 3.63) is 59.8 Å². The first-order valence-electron chi connectivity index (χ1n) is 7.19. The fourth-order valence-corrected chi connectivity index (χ4v) is 4.98. The van der Waals surface area contributed by atoms with Crippen molar-refractivity contribution in [3.63, 3.8) is 0 Å². The Morgan fingerprint density at radius 2 is 1.57 bits per heavy atom. The van der Waals surface area contributed by atoms with Gasteiger partial charge in [0.05, 0.1) is 0 Å². The number of nitrogens with zero attached hydrogens (tertiary/aromatic N) is 1. The minimum atomic E-state index is -1.18. The predicted octanol–water partition coefficient (Wildman–Crippen LogP) is 4.48. The van der Waals surface area contributed by atoms with E-state index in [2.05, 4.69) is 71.0 Å². The molecule has 3 aromatic rings. The van der Waals surface area contributed by atoms with Crippen LogP contribution in [0.4, 0.5) is 0 Å². The van der Waals surface area contributed by atoms with Crippen molar-refractivity contribution in [2.75, 3.05) is 0 Å². The third kappa shape index (κ3) is 2.99. The van der Waals surface area contributed by atoms with Gasteiger partial charge in [-0.05, 0) is 0 Å². The van der Waals surface area contributed by atoms with Crippen molar-refractivity contribution in [2.45, 2.75) is 23.6 Å². The van der Waals surface area contributed by atoms with Gasteiger partial charge >= 0.3 is 134 Å². The number of benzene rings is 2. The van der Waals surface area contributed by atoms with Gasteiger partial charge in [0, 0.05) is 0 Å². The Hall–Kier alpha value is -1.33. The maximum absolute atomic E-state index is 4.65. The molecule has 0 saturated heterocycles. The first-order chi connectivity index (χ1) is 10.0. The topological polar surface area (TPSA) is 12.9 Å². The Bertz CT molecular complexity index is 786. The summed E-state index contributed by atoms with van der Waals surface area (Å²) in [4.78, 5) is 9.47. The minimum absolute atomic E-state index is 1.10. The molecule has 0 unspecified atom stereocenters. The van der Waals surface area contributed by atoms with Crippen LogP contribution in [0.1, 0.15) is 11.1 Å². The van der Waals surface area contributed by atoms with Crippen molar-refractivity contribution >= 4 is 34.5 Å². The third-order valence-electron chi connectivity index (χ3n) is 3.76. The summed E-state index contributed by atoms with van der Waals surface area (Å²) in [7, 11) is 0. The van der Waals surface area contributed by atoms with E-state index in [4.69, 9.17) is 0 Å². The van der Waals surface area contributed by atoms with Gasteiger partial charge in [0.15, 0.2) is 0 Å². The number of hydrogen-bond donors (Lipinski definition) is 0. The molecule has 1 aromatic heterocycles. The summed E-state index contributed by atoms with van der Waals surface area (Å²) >= 11 is -1.18. The SMILES string of the molecule is Cc1cc(C)cc(-c2nccc3c[c]([Sb]([CH3])[CH3])ccc23)c1. The van der Waals surface area contributed by atoms with Gasteiger partial charge in [0.1, 0.15) is 0 Å². The van der Waals surface area contributed by atoms with Crippen molar-refractivity contribution < 1.29 is 0 Å². The van der Waals surface area contributed by atoms with Crippen LogP contribution in [0.5, 0.6) is 0 Å². The predicted molar refractivity (Wildman–Crippen MR) is 93.8 cm³/mol. The molecule has 0 radical (unpaired) electrons. The van der Waals surface area contributed by atoms with Gasteiger partial charge in [-0.15, -0.1) is 0 Å². The van der Waals surface area contributed by atoms with Crippen LogP contribution in [0, 0.1) is 13.8 Å². The maximum atomic E-state index is 4.65. The molecule has 21 heavy (non-hydrogen) atoms. The van der Waals surface area contributed by atoms with E-state index in [0.717, 1.165) is 5.69 Å². The number of rotatable bonds is 2. The molecule has 1 nitrogen and oxygen atoms in total. The summed E-state index contributed by atoms with van der Waals surface area (Å²) in [5.41, 5.74) is 4.90. The Kier molecular flexibility index (Phi) is 4.04. The summed E-state index contributed by atoms with van der Waals surface area (Å²) in [6.45, 7) is 4.29. The molecule has 0 N–H and O–H groups in total. The average molecular weight is 384 g/mol. The van der Waals surface area contributed by atoms with Gasteiger partial charge < -0.3 is 0 Å². The van der Waals surface area contributed by atoms with E-state index in [1.54, 1.807) is 3.51 Å². The summed E-state index contributed by atoms with van der Waals surface area (Å²) in [5, 5.41) is 2.57. The van der Waals surface area contributed by atoms with Crippen LogP contribution in [-0.4, -0.2) is 25.2 Å². The van der Waals surface area contributed by atoms with Crippen LogP contribution in [0.25, 0.3) is 22.0 Å². The summed E-state index contributed by atoms with van der Waals surface area (Å²) in [5.74, 6) is 0. The molecule has 0 saturated carbocycles. The van der Waals surface area contributed by atoms with E-state index in [1.807, 2.05) is 6.20 Å². The third-order valence-corrected chi connectivity index (χ3v) is 7.50. The van der Waals surface area contributed by atoms with Gasteiger partial charge in [0.2, 0.25) is 0 Å². The molecule has 2 aromatic carbocycles. The molecule has 0 aliphatic heterocycles. The summed E-state index contributed by atoms with van der Waals surface area (Å²) < 4.78 is 1.56. The van der Waals surface area contributed by atoms with Crippen molar-refractivity contribution in [3.8, 4) is 11.3 Å². The van der Waals surface area contributed by atoms with Crippen LogP contribution in [0.3, 0.4) is 0 Å². The zero-order valence-corrected chi connectivity index (χ0v) is 15.6. The van der Waals surface area contributed by atoms with Crippen molar-refractivity contribution in [1.29, 1.82) is 0 Å². The van der Waals surface area contributed by atoms with E-state index in [9.17, 15) is 0 Å². The molecule has 0 amide bonds. The van der Waals surface area contributed by atoms with Crippen LogP contribution in [-0.2, 0) is 0 Å². The molecule has 2 heteroatoms. The van der Waals surface area contributed by atoms with E-state index in [1.165, 1.54) is 27.5 Å². The second-order valence-corrected chi connectivity index (χ2v) is 12.4. The number of hydrogen-bond acceptors (Lipinski definition) is 1. The van der Waals surface area contributed by atoms with Crippen LogP contribution < -0.4 is 3.51 Å². The quantitative estimate of drug-likeness (QED) is 0.594. The van der Waals surface area contributed by atoms with Crippen molar-refractivity contribution in [2.24, 2.45) is 0 Å². The van der Waals surface area contributed by atoms with E-state index in [-0.39, 0.29) is 0 Å². The Labute approximate surface area is 134 Å². The zero-order chi connectivity index (χ0) is 15.0. The second kappa shape index (κ2) is 5.81. The van der Waals surface area contributed by atoms with E-state index >= 15 is 0 Å². The van der Waals surface area contributed by atoms with E-state index < -0.39 is 20.2 Å². The molecule has 0 bridgehead atoms. The average Bonchev–Trinajstić information content (AvgIpc) is 2.45. The van der Waals surface area contributed by atoms with Crippen molar-refractivity contribution in [1.82, 2.24) is 4.98 Å². The zero-order valence-electron chi connectivity index (χ0n) is 13.0. The Balaban J connectivity index is 2.23. The van der Waals surface area contributed by atoms with Gasteiger partial charge in [-0.1, -0.05) is 0 Å². The molecule has 1 heterocycles. The Morgan fingerprint density at radius 1 is 0.857 bits per heavy atom. The monoisotopic (exact) mass is 383 g/mol. The molecule has 106 valence electrons. The second-order valence-electron chi connectivity index (χ2n) is 5.84. The van der Waals surface area contributed by atoms with Crippen LogP contribution in [0.2, 0.25) is 9.74 Å².